The summed E-state index contributed by atoms with van der Waals surface area (Å²) in [6, 6.07) is 2.83. The first-order valence-corrected chi connectivity index (χ1v) is 8.10. The van der Waals surface area contributed by atoms with E-state index >= 15 is 0 Å². The highest BCUT2D eigenvalue weighted by Crippen LogP contribution is 2.28. The fraction of sp³-hybridized carbons (Fsp3) is 0.562. The molecule has 2 fully saturated rings. The predicted molar refractivity (Wildman–Crippen MR) is 87.3 cm³/mol. The van der Waals surface area contributed by atoms with Crippen LogP contribution in [-0.2, 0) is 7.05 Å². The lowest BCUT2D eigenvalue weighted by Crippen LogP contribution is -2.30. The van der Waals surface area contributed by atoms with Crippen molar-refractivity contribution in [3.8, 4) is 0 Å². The molecule has 2 N–H and O–H groups in total. The summed E-state index contributed by atoms with van der Waals surface area (Å²) in [5, 5.41) is 7.48. The van der Waals surface area contributed by atoms with Gasteiger partial charge in [0.15, 0.2) is 0 Å². The van der Waals surface area contributed by atoms with Gasteiger partial charge in [-0.2, -0.15) is 0 Å². The second-order valence-electron chi connectivity index (χ2n) is 6.46. The van der Waals surface area contributed by atoms with E-state index in [9.17, 15) is 4.79 Å². The van der Waals surface area contributed by atoms with Crippen molar-refractivity contribution in [1.82, 2.24) is 14.5 Å². The Morgan fingerprint density at radius 3 is 2.45 bits per heavy atom. The Morgan fingerprint density at radius 1 is 1.14 bits per heavy atom. The van der Waals surface area contributed by atoms with Crippen LogP contribution >= 0.6 is 0 Å². The van der Waals surface area contributed by atoms with E-state index in [-0.39, 0.29) is 5.56 Å². The van der Waals surface area contributed by atoms with Crippen molar-refractivity contribution in [2.75, 3.05) is 10.6 Å². The summed E-state index contributed by atoms with van der Waals surface area (Å²) in [6.45, 7) is 0. The Morgan fingerprint density at radius 2 is 1.82 bits per heavy atom. The standard InChI is InChI=1S/C16H21N5O/c1-21-9-17-12-8-13(18-10-4-2-5-10)20-15(14(12)16(21)22)19-11-6-3-7-11/h8-11H,2-7H2,1H3,(H2,18,19,20). The molecule has 0 radical (unpaired) electrons. The Hall–Kier alpha value is -2.11. The summed E-state index contributed by atoms with van der Waals surface area (Å²) >= 11 is 0. The Balaban J connectivity index is 1.78. The largest absolute Gasteiger partial charge is 0.367 e. The van der Waals surface area contributed by atoms with Crippen molar-refractivity contribution in [2.45, 2.75) is 50.6 Å². The zero-order valence-electron chi connectivity index (χ0n) is 12.8. The van der Waals surface area contributed by atoms with Crippen LogP contribution in [0.3, 0.4) is 0 Å². The van der Waals surface area contributed by atoms with Crippen LogP contribution in [-0.4, -0.2) is 26.6 Å². The molecule has 116 valence electrons. The van der Waals surface area contributed by atoms with Crippen LogP contribution in [0.25, 0.3) is 10.9 Å². The first-order chi connectivity index (χ1) is 10.7. The van der Waals surface area contributed by atoms with Crippen LogP contribution < -0.4 is 16.2 Å². The third-order valence-corrected chi connectivity index (χ3v) is 4.81. The number of hydrogen-bond acceptors (Lipinski definition) is 5. The van der Waals surface area contributed by atoms with Crippen molar-refractivity contribution in [3.63, 3.8) is 0 Å². The Labute approximate surface area is 129 Å². The molecular formula is C16H21N5O. The quantitative estimate of drug-likeness (QED) is 0.906. The van der Waals surface area contributed by atoms with Crippen molar-refractivity contribution in [2.24, 2.45) is 7.05 Å². The lowest BCUT2D eigenvalue weighted by molar-refractivity contribution is 0.442. The zero-order chi connectivity index (χ0) is 15.1. The van der Waals surface area contributed by atoms with Gasteiger partial charge in [0.25, 0.3) is 5.56 Å². The lowest BCUT2D eigenvalue weighted by atomic mass is 9.93. The molecule has 2 aliphatic carbocycles. The fourth-order valence-electron chi connectivity index (χ4n) is 2.91. The number of aromatic nitrogens is 3. The van der Waals surface area contributed by atoms with Crippen LogP contribution in [0.4, 0.5) is 11.6 Å². The van der Waals surface area contributed by atoms with Gasteiger partial charge in [-0.05, 0) is 38.5 Å². The molecule has 0 aliphatic heterocycles. The molecule has 2 aromatic heterocycles. The first kappa shape index (κ1) is 13.5. The number of aryl methyl sites for hydroxylation is 1. The molecule has 2 aliphatic rings. The summed E-state index contributed by atoms with van der Waals surface area (Å²) in [5.41, 5.74) is 0.663. The molecule has 0 saturated heterocycles. The second kappa shape index (κ2) is 5.26. The van der Waals surface area contributed by atoms with E-state index in [4.69, 9.17) is 0 Å². The summed E-state index contributed by atoms with van der Waals surface area (Å²) in [6.07, 6.45) is 8.76. The maximum absolute atomic E-state index is 12.5. The lowest BCUT2D eigenvalue weighted by Gasteiger charge is -2.29. The molecule has 2 saturated carbocycles. The monoisotopic (exact) mass is 299 g/mol. The highest BCUT2D eigenvalue weighted by Gasteiger charge is 2.22. The number of fused-ring (bicyclic) bond motifs is 1. The maximum atomic E-state index is 12.5. The normalized spacial score (nSPS) is 18.8. The number of anilines is 2. The van der Waals surface area contributed by atoms with Crippen LogP contribution in [0, 0.1) is 0 Å². The molecule has 22 heavy (non-hydrogen) atoms. The highest BCUT2D eigenvalue weighted by atomic mass is 16.1. The summed E-state index contributed by atoms with van der Waals surface area (Å²) in [4.78, 5) is 21.5. The minimum Gasteiger partial charge on any atom is -0.367 e. The molecule has 0 amide bonds. The van der Waals surface area contributed by atoms with Crippen molar-refractivity contribution in [3.05, 3.63) is 22.7 Å². The van der Waals surface area contributed by atoms with Crippen LogP contribution in [0.2, 0.25) is 0 Å². The van der Waals surface area contributed by atoms with E-state index in [2.05, 4.69) is 20.6 Å². The van der Waals surface area contributed by atoms with Gasteiger partial charge in [-0.3, -0.25) is 4.79 Å². The topological polar surface area (TPSA) is 71.8 Å². The van der Waals surface area contributed by atoms with E-state index in [1.165, 1.54) is 30.3 Å². The molecule has 0 bridgehead atoms. The molecule has 0 unspecified atom stereocenters. The van der Waals surface area contributed by atoms with Crippen LogP contribution in [0.15, 0.2) is 17.2 Å². The Bertz CT molecular complexity index is 761. The summed E-state index contributed by atoms with van der Waals surface area (Å²) in [5.74, 6) is 1.50. The molecule has 2 heterocycles. The van der Waals surface area contributed by atoms with Gasteiger partial charge < -0.3 is 15.2 Å². The van der Waals surface area contributed by atoms with Gasteiger partial charge >= 0.3 is 0 Å². The summed E-state index contributed by atoms with van der Waals surface area (Å²) < 4.78 is 1.51. The van der Waals surface area contributed by atoms with Crippen LogP contribution in [0.5, 0.6) is 0 Å². The van der Waals surface area contributed by atoms with E-state index < -0.39 is 0 Å². The van der Waals surface area contributed by atoms with Gasteiger partial charge in [0, 0.05) is 25.2 Å². The second-order valence-corrected chi connectivity index (χ2v) is 6.46. The van der Waals surface area contributed by atoms with Crippen molar-refractivity contribution < 1.29 is 0 Å². The molecule has 4 rings (SSSR count). The Kier molecular flexibility index (Phi) is 3.24. The van der Waals surface area contributed by atoms with E-state index in [0.717, 1.165) is 18.7 Å². The van der Waals surface area contributed by atoms with Gasteiger partial charge in [0.05, 0.1) is 11.8 Å². The molecular weight excluding hydrogens is 278 g/mol. The maximum Gasteiger partial charge on any atom is 0.264 e. The van der Waals surface area contributed by atoms with Gasteiger partial charge in [0.2, 0.25) is 0 Å². The number of hydrogen-bond donors (Lipinski definition) is 2. The van der Waals surface area contributed by atoms with Gasteiger partial charge in [-0.25, -0.2) is 9.97 Å². The summed E-state index contributed by atoms with van der Waals surface area (Å²) in [7, 11) is 1.72. The van der Waals surface area contributed by atoms with Crippen LogP contribution in [0.1, 0.15) is 38.5 Å². The fourth-order valence-corrected chi connectivity index (χ4v) is 2.91. The average Bonchev–Trinajstić information content (AvgIpc) is 2.42. The number of nitrogens with zero attached hydrogens (tertiary/aromatic N) is 3. The third kappa shape index (κ3) is 2.32. The number of pyridine rings is 1. The van der Waals surface area contributed by atoms with E-state index in [1.54, 1.807) is 13.4 Å². The number of nitrogens with one attached hydrogen (secondary N) is 2. The molecule has 6 heteroatoms. The van der Waals surface area contributed by atoms with E-state index in [0.29, 0.717) is 28.8 Å². The zero-order valence-corrected chi connectivity index (χ0v) is 12.8. The highest BCUT2D eigenvalue weighted by molar-refractivity contribution is 5.90. The first-order valence-electron chi connectivity index (χ1n) is 8.10. The average molecular weight is 299 g/mol. The minimum absolute atomic E-state index is 0.0467. The SMILES string of the molecule is Cn1cnc2cc(NC3CCC3)nc(NC3CCC3)c2c1=O. The minimum atomic E-state index is -0.0467. The van der Waals surface area contributed by atoms with Crippen molar-refractivity contribution in [1.29, 1.82) is 0 Å². The third-order valence-electron chi connectivity index (χ3n) is 4.81. The number of rotatable bonds is 4. The smallest absolute Gasteiger partial charge is 0.264 e. The molecule has 0 atom stereocenters. The van der Waals surface area contributed by atoms with Gasteiger partial charge in [-0.1, -0.05) is 0 Å². The van der Waals surface area contributed by atoms with Gasteiger partial charge in [-0.15, -0.1) is 0 Å². The molecule has 2 aromatic rings. The van der Waals surface area contributed by atoms with E-state index in [1.807, 2.05) is 6.07 Å². The van der Waals surface area contributed by atoms with Gasteiger partial charge in [0.1, 0.15) is 17.0 Å². The predicted octanol–water partition coefficient (Wildman–Crippen LogP) is 2.26. The molecule has 0 aromatic carbocycles. The van der Waals surface area contributed by atoms with Crippen molar-refractivity contribution >= 4 is 22.5 Å². The molecule has 6 nitrogen and oxygen atoms in total. The molecule has 0 spiro atoms.